The molecular weight excluding hydrogens is 224 g/mol. The predicted molar refractivity (Wildman–Crippen MR) is 63.7 cm³/mol. The van der Waals surface area contributed by atoms with Crippen molar-refractivity contribution in [2.75, 3.05) is 33.0 Å². The van der Waals surface area contributed by atoms with Crippen LogP contribution in [0.15, 0.2) is 0 Å². The van der Waals surface area contributed by atoms with E-state index in [-0.39, 0.29) is 12.6 Å². The average molecular weight is 248 g/mol. The molecule has 0 aromatic rings. The quantitative estimate of drug-likeness (QED) is 0.317. The van der Waals surface area contributed by atoms with Gasteiger partial charge in [0.1, 0.15) is 6.61 Å². The number of unbranched alkanes of at least 4 members (excludes halogenated alkanes) is 1. The van der Waals surface area contributed by atoms with Crippen molar-refractivity contribution in [1.82, 2.24) is 0 Å². The summed E-state index contributed by atoms with van der Waals surface area (Å²) in [5.74, 6) is -0.361. The number of carbonyl (C=O) groups excluding carboxylic acids is 1. The average Bonchev–Trinajstić information content (AvgIpc) is 2.28. The van der Waals surface area contributed by atoms with Crippen LogP contribution in [0.1, 0.15) is 33.6 Å². The highest BCUT2D eigenvalue weighted by molar-refractivity contribution is 5.66. The molecule has 0 aromatic carbocycles. The lowest BCUT2D eigenvalue weighted by atomic mass is 10.4. The third-order valence-corrected chi connectivity index (χ3v) is 1.93. The smallest absolute Gasteiger partial charge is 0.305 e. The van der Waals surface area contributed by atoms with Crippen LogP contribution in [0.5, 0.6) is 0 Å². The van der Waals surface area contributed by atoms with Crippen molar-refractivity contribution < 1.29 is 23.7 Å². The molecule has 0 amide bonds. The second-order valence-corrected chi connectivity index (χ2v) is 3.54. The summed E-state index contributed by atoms with van der Waals surface area (Å²) in [6.45, 7) is 7.86. The Morgan fingerprint density at radius 2 is 1.82 bits per heavy atom. The SMILES string of the molecule is CCCCOC(COCCOCC)OC(C)=O. The monoisotopic (exact) mass is 248 g/mol. The summed E-state index contributed by atoms with van der Waals surface area (Å²) in [5.41, 5.74) is 0. The van der Waals surface area contributed by atoms with E-state index in [1.54, 1.807) is 0 Å². The summed E-state index contributed by atoms with van der Waals surface area (Å²) in [6.07, 6.45) is 1.37. The van der Waals surface area contributed by atoms with Crippen LogP contribution in [0, 0.1) is 0 Å². The van der Waals surface area contributed by atoms with Gasteiger partial charge < -0.3 is 18.9 Å². The van der Waals surface area contributed by atoms with Crippen LogP contribution in [-0.2, 0) is 23.7 Å². The molecule has 0 saturated carbocycles. The van der Waals surface area contributed by atoms with Gasteiger partial charge in [0.2, 0.25) is 6.29 Å². The molecule has 1 atom stereocenters. The summed E-state index contributed by atoms with van der Waals surface area (Å²) in [7, 11) is 0. The molecule has 0 aliphatic carbocycles. The maximum Gasteiger partial charge on any atom is 0.305 e. The van der Waals surface area contributed by atoms with Gasteiger partial charge in [0.25, 0.3) is 0 Å². The van der Waals surface area contributed by atoms with Crippen molar-refractivity contribution in [3.8, 4) is 0 Å². The van der Waals surface area contributed by atoms with E-state index in [4.69, 9.17) is 18.9 Å². The molecule has 0 saturated heterocycles. The Morgan fingerprint density at radius 1 is 1.12 bits per heavy atom. The van der Waals surface area contributed by atoms with Crippen molar-refractivity contribution in [2.24, 2.45) is 0 Å². The van der Waals surface area contributed by atoms with E-state index in [0.717, 1.165) is 12.8 Å². The molecule has 1 unspecified atom stereocenters. The van der Waals surface area contributed by atoms with Crippen LogP contribution < -0.4 is 0 Å². The highest BCUT2D eigenvalue weighted by Crippen LogP contribution is 2.00. The molecule has 0 bridgehead atoms. The fourth-order valence-electron chi connectivity index (χ4n) is 1.10. The number of carbonyl (C=O) groups is 1. The van der Waals surface area contributed by atoms with E-state index < -0.39 is 6.29 Å². The van der Waals surface area contributed by atoms with E-state index in [0.29, 0.717) is 26.4 Å². The van der Waals surface area contributed by atoms with Gasteiger partial charge in [-0.2, -0.15) is 0 Å². The van der Waals surface area contributed by atoms with Gasteiger partial charge >= 0.3 is 5.97 Å². The van der Waals surface area contributed by atoms with Crippen LogP contribution in [-0.4, -0.2) is 45.3 Å². The molecule has 0 heterocycles. The molecular formula is C12H24O5. The van der Waals surface area contributed by atoms with Crippen LogP contribution >= 0.6 is 0 Å². The van der Waals surface area contributed by atoms with Gasteiger partial charge in [0.05, 0.1) is 19.8 Å². The predicted octanol–water partition coefficient (Wildman–Crippen LogP) is 1.75. The fourth-order valence-corrected chi connectivity index (χ4v) is 1.10. The van der Waals surface area contributed by atoms with Crippen LogP contribution in [0.25, 0.3) is 0 Å². The number of hydrogen-bond acceptors (Lipinski definition) is 5. The van der Waals surface area contributed by atoms with Gasteiger partial charge in [-0.15, -0.1) is 0 Å². The second kappa shape index (κ2) is 11.8. The number of rotatable bonds is 11. The van der Waals surface area contributed by atoms with Crippen molar-refractivity contribution >= 4 is 5.97 Å². The molecule has 0 aromatic heterocycles. The molecule has 0 fully saturated rings. The first-order chi connectivity index (χ1) is 8.20. The molecule has 0 N–H and O–H groups in total. The Kier molecular flexibility index (Phi) is 11.4. The van der Waals surface area contributed by atoms with E-state index in [9.17, 15) is 4.79 Å². The third-order valence-electron chi connectivity index (χ3n) is 1.93. The molecule has 17 heavy (non-hydrogen) atoms. The van der Waals surface area contributed by atoms with Gasteiger partial charge in [-0.3, -0.25) is 4.79 Å². The van der Waals surface area contributed by atoms with Crippen molar-refractivity contribution in [3.05, 3.63) is 0 Å². The lowest BCUT2D eigenvalue weighted by molar-refractivity contribution is -0.189. The first-order valence-electron chi connectivity index (χ1n) is 6.15. The molecule has 5 nitrogen and oxygen atoms in total. The van der Waals surface area contributed by atoms with Gasteiger partial charge in [-0.1, -0.05) is 13.3 Å². The highest BCUT2D eigenvalue weighted by atomic mass is 16.7. The lowest BCUT2D eigenvalue weighted by Gasteiger charge is -2.17. The van der Waals surface area contributed by atoms with E-state index in [1.807, 2.05) is 6.92 Å². The maximum absolute atomic E-state index is 10.8. The zero-order valence-electron chi connectivity index (χ0n) is 11.1. The van der Waals surface area contributed by atoms with Gasteiger partial charge in [-0.05, 0) is 13.3 Å². The minimum Gasteiger partial charge on any atom is -0.433 e. The number of hydrogen-bond donors (Lipinski definition) is 0. The molecule has 0 spiro atoms. The van der Waals surface area contributed by atoms with Crippen LogP contribution in [0.3, 0.4) is 0 Å². The van der Waals surface area contributed by atoms with Crippen LogP contribution in [0.2, 0.25) is 0 Å². The molecule has 0 aliphatic rings. The van der Waals surface area contributed by atoms with Crippen LogP contribution in [0.4, 0.5) is 0 Å². The summed E-state index contributed by atoms with van der Waals surface area (Å²) >= 11 is 0. The molecule has 0 radical (unpaired) electrons. The normalized spacial score (nSPS) is 12.4. The summed E-state index contributed by atoms with van der Waals surface area (Å²) < 4.78 is 20.8. The molecule has 5 heteroatoms. The summed E-state index contributed by atoms with van der Waals surface area (Å²) in [5, 5.41) is 0. The van der Waals surface area contributed by atoms with E-state index in [1.165, 1.54) is 6.92 Å². The minimum absolute atomic E-state index is 0.246. The Labute approximate surface area is 103 Å². The van der Waals surface area contributed by atoms with Crippen molar-refractivity contribution in [2.45, 2.75) is 39.9 Å². The summed E-state index contributed by atoms with van der Waals surface area (Å²) in [4.78, 5) is 10.8. The van der Waals surface area contributed by atoms with E-state index in [2.05, 4.69) is 6.92 Å². The Balaban J connectivity index is 3.65. The molecule has 102 valence electrons. The topological polar surface area (TPSA) is 54.0 Å². The first-order valence-corrected chi connectivity index (χ1v) is 6.15. The summed E-state index contributed by atoms with van der Waals surface area (Å²) in [6, 6.07) is 0. The number of esters is 1. The second-order valence-electron chi connectivity index (χ2n) is 3.54. The Hall–Kier alpha value is -0.650. The Bertz CT molecular complexity index is 184. The van der Waals surface area contributed by atoms with Crippen molar-refractivity contribution in [1.29, 1.82) is 0 Å². The lowest BCUT2D eigenvalue weighted by Crippen LogP contribution is -2.26. The first kappa shape index (κ1) is 16.4. The molecule has 0 aliphatic heterocycles. The zero-order chi connectivity index (χ0) is 12.9. The third kappa shape index (κ3) is 11.6. The largest absolute Gasteiger partial charge is 0.433 e. The fraction of sp³-hybridized carbons (Fsp3) is 0.917. The number of ether oxygens (including phenoxy) is 4. The molecule has 0 rings (SSSR count). The zero-order valence-corrected chi connectivity index (χ0v) is 11.1. The minimum atomic E-state index is -0.610. The van der Waals surface area contributed by atoms with Gasteiger partial charge in [0, 0.05) is 13.5 Å². The van der Waals surface area contributed by atoms with Gasteiger partial charge in [-0.25, -0.2) is 0 Å². The maximum atomic E-state index is 10.8. The highest BCUT2D eigenvalue weighted by Gasteiger charge is 2.12. The standard InChI is InChI=1S/C12H24O5/c1-4-6-7-16-12(17-11(3)13)10-15-9-8-14-5-2/h12H,4-10H2,1-3H3. The van der Waals surface area contributed by atoms with E-state index >= 15 is 0 Å². The Morgan fingerprint density at radius 3 is 2.41 bits per heavy atom. The van der Waals surface area contributed by atoms with Gasteiger partial charge in [0.15, 0.2) is 0 Å². The van der Waals surface area contributed by atoms with Crippen molar-refractivity contribution in [3.63, 3.8) is 0 Å².